The van der Waals surface area contributed by atoms with E-state index < -0.39 is 18.1 Å². The monoisotopic (exact) mass is 213 g/mol. The summed E-state index contributed by atoms with van der Waals surface area (Å²) in [5.41, 5.74) is 0.171. The number of Topliss-reactive ketones (excluding diaryl/α,β-unsaturated/α-hetero) is 1. The Balaban J connectivity index is 3.08. The topological polar surface area (TPSA) is 83.9 Å². The number of amides is 1. The van der Waals surface area contributed by atoms with Crippen LogP contribution in [0.4, 0.5) is 4.79 Å². The molecule has 0 saturated carbocycles. The number of carbonyl (C=O) groups excluding carboxylic acids is 2. The molecular weight excluding hydrogens is 202 g/mol. The highest BCUT2D eigenvalue weighted by atomic mass is 16.5. The van der Waals surface area contributed by atoms with E-state index >= 15 is 0 Å². The highest BCUT2D eigenvalue weighted by molar-refractivity contribution is 6.08. The van der Waals surface area contributed by atoms with Crippen LogP contribution in [-0.4, -0.2) is 47.5 Å². The Morgan fingerprint density at radius 2 is 2.20 bits per heavy atom. The first-order valence-corrected chi connectivity index (χ1v) is 4.29. The number of methoxy groups -OCH3 is 1. The predicted octanol–water partition coefficient (Wildman–Crippen LogP) is 0.0370. The minimum atomic E-state index is -1.31. The van der Waals surface area contributed by atoms with Gasteiger partial charge >= 0.3 is 12.1 Å². The molecule has 1 fully saturated rings. The molecule has 0 radical (unpaired) electrons. The molecule has 82 valence electrons. The van der Waals surface area contributed by atoms with Crippen molar-refractivity contribution in [1.82, 2.24) is 4.90 Å². The number of hydrogen-bond donors (Lipinski definition) is 1. The lowest BCUT2D eigenvalue weighted by molar-refractivity contribution is -0.144. The van der Waals surface area contributed by atoms with Gasteiger partial charge in [-0.15, -0.1) is 0 Å². The number of ether oxygens (including phenoxy) is 1. The summed E-state index contributed by atoms with van der Waals surface area (Å²) in [5.74, 6) is -1.10. The number of carbonyl (C=O) groups is 3. The summed E-state index contributed by atoms with van der Waals surface area (Å²) in [5, 5.41) is 8.80. The Kier molecular flexibility index (Phi) is 3.08. The molecule has 1 atom stereocenters. The van der Waals surface area contributed by atoms with Gasteiger partial charge in [-0.1, -0.05) is 6.08 Å². The number of allylic oxidation sites excluding steroid dienone is 1. The molecule has 0 bridgehead atoms. The van der Waals surface area contributed by atoms with Crippen LogP contribution in [0.15, 0.2) is 11.6 Å². The van der Waals surface area contributed by atoms with Crippen LogP contribution in [0.1, 0.15) is 6.92 Å². The Hall–Kier alpha value is -1.85. The van der Waals surface area contributed by atoms with Gasteiger partial charge in [0.25, 0.3) is 0 Å². The van der Waals surface area contributed by atoms with E-state index in [2.05, 4.69) is 4.74 Å². The van der Waals surface area contributed by atoms with E-state index in [1.165, 1.54) is 6.08 Å². The molecule has 15 heavy (non-hydrogen) atoms. The van der Waals surface area contributed by atoms with Gasteiger partial charge in [-0.05, 0) is 6.92 Å². The zero-order chi connectivity index (χ0) is 11.6. The number of ketones is 1. The summed E-state index contributed by atoms with van der Waals surface area (Å²) in [6.07, 6.45) is 0.128. The lowest BCUT2D eigenvalue weighted by atomic mass is 10.1. The number of likely N-dealkylation sites (tertiary alicyclic amines) is 1. The van der Waals surface area contributed by atoms with Crippen molar-refractivity contribution < 1.29 is 24.2 Å². The average Bonchev–Trinajstić information content (AvgIpc) is 2.54. The average molecular weight is 213 g/mol. The third kappa shape index (κ3) is 1.83. The van der Waals surface area contributed by atoms with E-state index in [1.807, 2.05) is 0 Å². The first-order valence-electron chi connectivity index (χ1n) is 4.29. The third-order valence-electron chi connectivity index (χ3n) is 2.22. The summed E-state index contributed by atoms with van der Waals surface area (Å²) in [6, 6.07) is -1.12. The van der Waals surface area contributed by atoms with Crippen molar-refractivity contribution in [3.05, 3.63) is 11.6 Å². The number of nitrogens with zero attached hydrogens (tertiary/aromatic N) is 1. The molecule has 0 spiro atoms. The molecule has 0 aliphatic carbocycles. The standard InChI is InChI=1S/C9H11NO5/c1-3-5-6(11)4-10(9(13)14)7(5)8(12)15-2/h3,7H,4H2,1-2H3,(H,13,14)/b5-3-/t7-/m0/s1. The van der Waals surface area contributed by atoms with Gasteiger partial charge in [0.15, 0.2) is 11.8 Å². The van der Waals surface area contributed by atoms with Crippen LogP contribution in [0.3, 0.4) is 0 Å². The van der Waals surface area contributed by atoms with Crippen molar-refractivity contribution >= 4 is 17.8 Å². The molecule has 0 aromatic heterocycles. The smallest absolute Gasteiger partial charge is 0.408 e. The van der Waals surface area contributed by atoms with Crippen LogP contribution < -0.4 is 0 Å². The second-order valence-electron chi connectivity index (χ2n) is 3.00. The quantitative estimate of drug-likeness (QED) is 0.491. The van der Waals surface area contributed by atoms with Crippen molar-refractivity contribution in [3.8, 4) is 0 Å². The molecule has 6 nitrogen and oxygen atoms in total. The van der Waals surface area contributed by atoms with Gasteiger partial charge in [-0.3, -0.25) is 9.69 Å². The third-order valence-corrected chi connectivity index (χ3v) is 2.22. The maximum absolute atomic E-state index is 11.4. The Morgan fingerprint density at radius 1 is 1.60 bits per heavy atom. The predicted molar refractivity (Wildman–Crippen MR) is 49.3 cm³/mol. The molecule has 0 aromatic rings. The van der Waals surface area contributed by atoms with Crippen LogP contribution >= 0.6 is 0 Å². The van der Waals surface area contributed by atoms with E-state index in [0.717, 1.165) is 12.0 Å². The number of esters is 1. The van der Waals surface area contributed by atoms with Crippen LogP contribution in [-0.2, 0) is 14.3 Å². The summed E-state index contributed by atoms with van der Waals surface area (Å²) >= 11 is 0. The van der Waals surface area contributed by atoms with E-state index in [4.69, 9.17) is 5.11 Å². The maximum Gasteiger partial charge on any atom is 0.408 e. The van der Waals surface area contributed by atoms with Crippen LogP contribution in [0, 0.1) is 0 Å². The highest BCUT2D eigenvalue weighted by Crippen LogP contribution is 2.21. The maximum atomic E-state index is 11.4. The zero-order valence-corrected chi connectivity index (χ0v) is 8.39. The Labute approximate surface area is 86.1 Å². The lowest BCUT2D eigenvalue weighted by Crippen LogP contribution is -2.41. The molecule has 1 N–H and O–H groups in total. The summed E-state index contributed by atoms with van der Waals surface area (Å²) < 4.78 is 4.46. The minimum absolute atomic E-state index is 0.171. The van der Waals surface area contributed by atoms with Gasteiger partial charge < -0.3 is 9.84 Å². The molecule has 0 aromatic carbocycles. The highest BCUT2D eigenvalue weighted by Gasteiger charge is 2.43. The molecule has 6 heteroatoms. The SMILES string of the molecule is C/C=C1/C(=O)CN(C(=O)O)[C@@H]1C(=O)OC. The van der Waals surface area contributed by atoms with Crippen molar-refractivity contribution in [2.75, 3.05) is 13.7 Å². The molecule has 1 aliphatic rings. The molecule has 1 heterocycles. The normalized spacial score (nSPS) is 23.3. The summed E-state index contributed by atoms with van der Waals surface area (Å²) in [6.45, 7) is 1.28. The van der Waals surface area contributed by atoms with E-state index in [-0.39, 0.29) is 17.9 Å². The second-order valence-corrected chi connectivity index (χ2v) is 3.00. The molecule has 1 aliphatic heterocycles. The molecule has 0 unspecified atom stereocenters. The van der Waals surface area contributed by atoms with Crippen molar-refractivity contribution in [2.45, 2.75) is 13.0 Å². The Morgan fingerprint density at radius 3 is 2.60 bits per heavy atom. The molecular formula is C9H11NO5. The van der Waals surface area contributed by atoms with Crippen molar-refractivity contribution in [3.63, 3.8) is 0 Å². The van der Waals surface area contributed by atoms with E-state index in [0.29, 0.717) is 0 Å². The minimum Gasteiger partial charge on any atom is -0.467 e. The fourth-order valence-corrected chi connectivity index (χ4v) is 1.52. The molecule has 1 saturated heterocycles. The van der Waals surface area contributed by atoms with Gasteiger partial charge in [0, 0.05) is 5.57 Å². The summed E-state index contributed by atoms with van der Waals surface area (Å²) in [7, 11) is 1.15. The summed E-state index contributed by atoms with van der Waals surface area (Å²) in [4.78, 5) is 34.2. The van der Waals surface area contributed by atoms with Gasteiger partial charge in [0.05, 0.1) is 13.7 Å². The number of rotatable bonds is 1. The Bertz CT molecular complexity index is 346. The zero-order valence-electron chi connectivity index (χ0n) is 8.39. The van der Waals surface area contributed by atoms with Crippen LogP contribution in [0.25, 0.3) is 0 Å². The van der Waals surface area contributed by atoms with Gasteiger partial charge in [-0.25, -0.2) is 9.59 Å². The van der Waals surface area contributed by atoms with E-state index in [1.54, 1.807) is 6.92 Å². The first kappa shape index (κ1) is 11.2. The van der Waals surface area contributed by atoms with Crippen LogP contribution in [0.2, 0.25) is 0 Å². The fourth-order valence-electron chi connectivity index (χ4n) is 1.52. The van der Waals surface area contributed by atoms with E-state index in [9.17, 15) is 14.4 Å². The largest absolute Gasteiger partial charge is 0.467 e. The van der Waals surface area contributed by atoms with Gasteiger partial charge in [0.2, 0.25) is 0 Å². The fraction of sp³-hybridized carbons (Fsp3) is 0.444. The van der Waals surface area contributed by atoms with Gasteiger partial charge in [0.1, 0.15) is 0 Å². The second kappa shape index (κ2) is 4.12. The number of carboxylic acid groups (broad SMARTS) is 1. The molecule has 1 amide bonds. The van der Waals surface area contributed by atoms with Crippen LogP contribution in [0.5, 0.6) is 0 Å². The van der Waals surface area contributed by atoms with Crippen molar-refractivity contribution in [1.29, 1.82) is 0 Å². The van der Waals surface area contributed by atoms with Gasteiger partial charge in [-0.2, -0.15) is 0 Å². The molecule has 1 rings (SSSR count). The lowest BCUT2D eigenvalue weighted by Gasteiger charge is -2.18. The van der Waals surface area contributed by atoms with Crippen molar-refractivity contribution in [2.24, 2.45) is 0 Å². The first-order chi connectivity index (χ1) is 7.02. The number of hydrogen-bond acceptors (Lipinski definition) is 4.